The molecule has 0 spiro atoms. The quantitative estimate of drug-likeness (QED) is 0.751. The fraction of sp³-hybridized carbons (Fsp3) is 0.167. The Labute approximate surface area is 128 Å². The van der Waals surface area contributed by atoms with Gasteiger partial charge in [0.15, 0.2) is 0 Å². The normalized spacial score (nSPS) is 11.0. The number of aryl methyl sites for hydroxylation is 2. The fourth-order valence-electron chi connectivity index (χ4n) is 2.73. The van der Waals surface area contributed by atoms with Crippen LogP contribution in [0.3, 0.4) is 0 Å². The van der Waals surface area contributed by atoms with E-state index in [2.05, 4.69) is 6.58 Å². The molecule has 0 unspecified atom stereocenters. The second kappa shape index (κ2) is 5.56. The van der Waals surface area contributed by atoms with Crippen LogP contribution in [0.4, 0.5) is 0 Å². The molecule has 22 heavy (non-hydrogen) atoms. The number of phenols is 1. The molecule has 0 saturated heterocycles. The van der Waals surface area contributed by atoms with Crippen molar-refractivity contribution >= 4 is 11.0 Å². The number of phenolic OH excluding ortho intramolecular Hbond substituents is 1. The number of allylic oxidation sites excluding steroid dienone is 1. The lowest BCUT2D eigenvalue weighted by Gasteiger charge is -2.06. The van der Waals surface area contributed by atoms with E-state index in [1.54, 1.807) is 28.3 Å². The van der Waals surface area contributed by atoms with Gasteiger partial charge in [-0.3, -0.25) is 9.13 Å². The van der Waals surface area contributed by atoms with Gasteiger partial charge in [0.2, 0.25) is 0 Å². The average Bonchev–Trinajstić information content (AvgIpc) is 2.77. The van der Waals surface area contributed by atoms with E-state index in [1.165, 1.54) is 0 Å². The van der Waals surface area contributed by atoms with Gasteiger partial charge < -0.3 is 5.11 Å². The molecule has 4 heteroatoms. The number of aromatic nitrogens is 2. The smallest absolute Gasteiger partial charge is 0.328 e. The van der Waals surface area contributed by atoms with Crippen LogP contribution in [-0.2, 0) is 13.6 Å². The van der Waals surface area contributed by atoms with Crippen LogP contribution in [0.1, 0.15) is 6.42 Å². The van der Waals surface area contributed by atoms with Gasteiger partial charge in [0.05, 0.1) is 11.0 Å². The van der Waals surface area contributed by atoms with E-state index >= 15 is 0 Å². The highest BCUT2D eigenvalue weighted by Crippen LogP contribution is 2.30. The number of hydrogen-bond acceptors (Lipinski definition) is 2. The summed E-state index contributed by atoms with van der Waals surface area (Å²) in [5.41, 5.74) is 3.37. The number of benzene rings is 2. The zero-order valence-corrected chi connectivity index (χ0v) is 12.5. The Kier molecular flexibility index (Phi) is 3.59. The predicted molar refractivity (Wildman–Crippen MR) is 89.1 cm³/mol. The molecule has 0 atom stereocenters. The molecule has 2 aromatic carbocycles. The van der Waals surface area contributed by atoms with Crippen molar-refractivity contribution in [1.29, 1.82) is 0 Å². The Balaban J connectivity index is 2.19. The van der Waals surface area contributed by atoms with Crippen molar-refractivity contribution in [3.05, 3.63) is 65.6 Å². The first-order valence-electron chi connectivity index (χ1n) is 7.22. The number of rotatable bonds is 4. The zero-order chi connectivity index (χ0) is 15.7. The molecule has 1 N–H and O–H groups in total. The van der Waals surface area contributed by atoms with E-state index in [9.17, 15) is 9.90 Å². The number of nitrogens with zero attached hydrogens (tertiary/aromatic N) is 2. The molecule has 0 aliphatic carbocycles. The van der Waals surface area contributed by atoms with Crippen molar-refractivity contribution in [2.24, 2.45) is 7.05 Å². The van der Waals surface area contributed by atoms with Gasteiger partial charge >= 0.3 is 5.69 Å². The first-order chi connectivity index (χ1) is 10.6. The lowest BCUT2D eigenvalue weighted by Crippen LogP contribution is -2.22. The Hall–Kier alpha value is -2.75. The molecule has 0 fully saturated rings. The number of fused-ring (bicyclic) bond motifs is 1. The number of aromatic hydroxyl groups is 1. The van der Waals surface area contributed by atoms with Crippen molar-refractivity contribution in [2.45, 2.75) is 13.0 Å². The molecule has 3 rings (SSSR count). The third kappa shape index (κ3) is 2.22. The average molecular weight is 294 g/mol. The molecular formula is C18H18N2O2. The minimum atomic E-state index is -0.0358. The second-order valence-corrected chi connectivity index (χ2v) is 5.29. The fourth-order valence-corrected chi connectivity index (χ4v) is 2.73. The van der Waals surface area contributed by atoms with E-state index in [1.807, 2.05) is 36.4 Å². The lowest BCUT2D eigenvalue weighted by atomic mass is 10.0. The van der Waals surface area contributed by atoms with Crippen LogP contribution in [0.15, 0.2) is 59.9 Å². The topological polar surface area (TPSA) is 47.2 Å². The number of para-hydroxylation sites is 1. The molecule has 0 aliphatic rings. The van der Waals surface area contributed by atoms with Gasteiger partial charge in [0.25, 0.3) is 0 Å². The minimum absolute atomic E-state index is 0.0358. The van der Waals surface area contributed by atoms with E-state index in [0.717, 1.165) is 28.6 Å². The summed E-state index contributed by atoms with van der Waals surface area (Å²) in [4.78, 5) is 12.4. The van der Waals surface area contributed by atoms with Crippen LogP contribution in [-0.4, -0.2) is 14.2 Å². The molecule has 0 aliphatic heterocycles. The molecule has 0 radical (unpaired) electrons. The summed E-state index contributed by atoms with van der Waals surface area (Å²) in [6.45, 7) is 4.33. The first kappa shape index (κ1) is 14.2. The summed E-state index contributed by atoms with van der Waals surface area (Å²) in [5.74, 6) is 0.234. The maximum atomic E-state index is 12.4. The van der Waals surface area contributed by atoms with Crippen LogP contribution in [0, 0.1) is 0 Å². The van der Waals surface area contributed by atoms with Crippen molar-refractivity contribution in [3.8, 4) is 16.9 Å². The van der Waals surface area contributed by atoms with E-state index in [4.69, 9.17) is 0 Å². The van der Waals surface area contributed by atoms with Crippen LogP contribution in [0.2, 0.25) is 0 Å². The summed E-state index contributed by atoms with van der Waals surface area (Å²) in [7, 11) is 1.77. The molecule has 1 aromatic heterocycles. The SMILES string of the molecule is C=CCCn1c(=O)n(C)c2cc(-c3ccccc3O)ccc21. The molecule has 112 valence electrons. The summed E-state index contributed by atoms with van der Waals surface area (Å²) < 4.78 is 3.40. The summed E-state index contributed by atoms with van der Waals surface area (Å²) >= 11 is 0. The monoisotopic (exact) mass is 294 g/mol. The van der Waals surface area contributed by atoms with Crippen LogP contribution < -0.4 is 5.69 Å². The highest BCUT2D eigenvalue weighted by molar-refractivity contribution is 5.84. The van der Waals surface area contributed by atoms with Crippen LogP contribution in [0.5, 0.6) is 5.75 Å². The Morgan fingerprint density at radius 1 is 1.18 bits per heavy atom. The zero-order valence-electron chi connectivity index (χ0n) is 12.5. The van der Waals surface area contributed by atoms with Crippen molar-refractivity contribution in [2.75, 3.05) is 0 Å². The minimum Gasteiger partial charge on any atom is -0.507 e. The molecular weight excluding hydrogens is 276 g/mol. The third-order valence-electron chi connectivity index (χ3n) is 3.92. The molecule has 0 bridgehead atoms. The summed E-state index contributed by atoms with van der Waals surface area (Å²) in [6.07, 6.45) is 2.56. The van der Waals surface area contributed by atoms with E-state index < -0.39 is 0 Å². The van der Waals surface area contributed by atoms with Gasteiger partial charge in [0, 0.05) is 19.2 Å². The third-order valence-corrected chi connectivity index (χ3v) is 3.92. The molecule has 0 saturated carbocycles. The maximum Gasteiger partial charge on any atom is 0.328 e. The Morgan fingerprint density at radius 3 is 2.68 bits per heavy atom. The van der Waals surface area contributed by atoms with Crippen molar-refractivity contribution < 1.29 is 5.11 Å². The van der Waals surface area contributed by atoms with Gasteiger partial charge in [-0.1, -0.05) is 30.3 Å². The van der Waals surface area contributed by atoms with Crippen LogP contribution >= 0.6 is 0 Å². The van der Waals surface area contributed by atoms with E-state index in [-0.39, 0.29) is 11.4 Å². The molecule has 3 aromatic rings. The summed E-state index contributed by atoms with van der Waals surface area (Å²) in [5, 5.41) is 10.00. The standard InChI is InChI=1S/C18H18N2O2/c1-3-4-11-20-15-10-9-13(12-16(15)19(2)18(20)22)14-7-5-6-8-17(14)21/h3,5-10,12,21H,1,4,11H2,2H3. The second-order valence-electron chi connectivity index (χ2n) is 5.29. The lowest BCUT2D eigenvalue weighted by molar-refractivity contribution is 0.477. The highest BCUT2D eigenvalue weighted by atomic mass is 16.3. The van der Waals surface area contributed by atoms with Gasteiger partial charge in [-0.05, 0) is 30.2 Å². The Morgan fingerprint density at radius 2 is 1.95 bits per heavy atom. The number of imidazole rings is 1. The predicted octanol–water partition coefficient (Wildman–Crippen LogP) is 3.29. The van der Waals surface area contributed by atoms with Gasteiger partial charge in [0.1, 0.15) is 5.75 Å². The Bertz CT molecular complexity index is 903. The molecule has 4 nitrogen and oxygen atoms in total. The van der Waals surface area contributed by atoms with Crippen molar-refractivity contribution in [3.63, 3.8) is 0 Å². The van der Waals surface area contributed by atoms with Gasteiger partial charge in [-0.2, -0.15) is 0 Å². The van der Waals surface area contributed by atoms with E-state index in [0.29, 0.717) is 6.54 Å². The highest BCUT2D eigenvalue weighted by Gasteiger charge is 2.12. The van der Waals surface area contributed by atoms with Crippen LogP contribution in [0.25, 0.3) is 22.2 Å². The van der Waals surface area contributed by atoms with Gasteiger partial charge in [-0.15, -0.1) is 6.58 Å². The molecule has 1 heterocycles. The van der Waals surface area contributed by atoms with Gasteiger partial charge in [-0.25, -0.2) is 4.79 Å². The number of hydrogen-bond donors (Lipinski definition) is 1. The maximum absolute atomic E-state index is 12.4. The molecule has 0 amide bonds. The largest absolute Gasteiger partial charge is 0.507 e. The van der Waals surface area contributed by atoms with Crippen molar-refractivity contribution in [1.82, 2.24) is 9.13 Å². The first-order valence-corrected chi connectivity index (χ1v) is 7.22. The summed E-state index contributed by atoms with van der Waals surface area (Å²) in [6, 6.07) is 13.0.